The van der Waals surface area contributed by atoms with Crippen LogP contribution >= 0.6 is 0 Å². The van der Waals surface area contributed by atoms with Crippen LogP contribution in [0.15, 0.2) is 12.3 Å². The number of aromatic nitrogens is 1. The van der Waals surface area contributed by atoms with E-state index in [0.29, 0.717) is 5.92 Å². The van der Waals surface area contributed by atoms with Gasteiger partial charge in [0.1, 0.15) is 5.75 Å². The molecule has 0 fully saturated rings. The topological polar surface area (TPSA) is 22.1 Å². The van der Waals surface area contributed by atoms with Crippen molar-refractivity contribution < 1.29 is 4.74 Å². The van der Waals surface area contributed by atoms with Crippen molar-refractivity contribution in [2.24, 2.45) is 0 Å². The minimum Gasteiger partial charge on any atom is -0.496 e. The molecule has 0 aliphatic rings. The summed E-state index contributed by atoms with van der Waals surface area (Å²) in [7, 11) is 1.70. The molecule has 0 N–H and O–H groups in total. The van der Waals surface area contributed by atoms with Gasteiger partial charge in [-0.1, -0.05) is 13.8 Å². The van der Waals surface area contributed by atoms with Crippen LogP contribution in [0.4, 0.5) is 0 Å². The Morgan fingerprint density at radius 3 is 2.50 bits per heavy atom. The van der Waals surface area contributed by atoms with Crippen molar-refractivity contribution in [3.63, 3.8) is 0 Å². The van der Waals surface area contributed by atoms with Gasteiger partial charge in [0, 0.05) is 17.5 Å². The Morgan fingerprint density at radius 2 is 2.08 bits per heavy atom. The van der Waals surface area contributed by atoms with Gasteiger partial charge < -0.3 is 4.74 Å². The maximum atomic E-state index is 5.25. The smallest absolute Gasteiger partial charge is 0.125 e. The molecule has 0 atom stereocenters. The lowest BCUT2D eigenvalue weighted by Gasteiger charge is -2.12. The normalized spacial score (nSPS) is 10.4. The molecule has 0 radical (unpaired) electrons. The number of nitrogens with zero attached hydrogens (tertiary/aromatic N) is 1. The van der Waals surface area contributed by atoms with Crippen molar-refractivity contribution in [3.8, 4) is 5.75 Å². The van der Waals surface area contributed by atoms with Gasteiger partial charge in [-0.3, -0.25) is 4.98 Å². The summed E-state index contributed by atoms with van der Waals surface area (Å²) < 4.78 is 5.25. The quantitative estimate of drug-likeness (QED) is 0.671. The van der Waals surface area contributed by atoms with Crippen LogP contribution < -0.4 is 4.74 Å². The first kappa shape index (κ1) is 9.04. The molecular formula is C10H15NO. The zero-order chi connectivity index (χ0) is 9.14. The minimum absolute atomic E-state index is 0.466. The lowest BCUT2D eigenvalue weighted by molar-refractivity contribution is 0.406. The third kappa shape index (κ3) is 1.58. The Balaban J connectivity index is 3.20. The molecule has 0 aromatic carbocycles. The monoisotopic (exact) mass is 165 g/mol. The number of hydrogen-bond acceptors (Lipinski definition) is 2. The highest BCUT2D eigenvalue weighted by molar-refractivity contribution is 5.37. The summed E-state index contributed by atoms with van der Waals surface area (Å²) in [6.07, 6.45) is 1.78. The molecule has 66 valence electrons. The summed E-state index contributed by atoms with van der Waals surface area (Å²) in [6, 6.07) is 1.91. The van der Waals surface area contributed by atoms with Crippen molar-refractivity contribution in [1.29, 1.82) is 0 Å². The summed E-state index contributed by atoms with van der Waals surface area (Å²) in [5, 5.41) is 0. The zero-order valence-electron chi connectivity index (χ0n) is 8.09. The summed E-state index contributed by atoms with van der Waals surface area (Å²) >= 11 is 0. The largest absolute Gasteiger partial charge is 0.496 e. The summed E-state index contributed by atoms with van der Waals surface area (Å²) in [5.74, 6) is 1.41. The van der Waals surface area contributed by atoms with Crippen molar-refractivity contribution in [2.75, 3.05) is 7.11 Å². The lowest BCUT2D eigenvalue weighted by atomic mass is 10.0. The van der Waals surface area contributed by atoms with Crippen molar-refractivity contribution in [2.45, 2.75) is 26.7 Å². The molecule has 2 heteroatoms. The van der Waals surface area contributed by atoms with E-state index in [9.17, 15) is 0 Å². The SMILES string of the molecule is COc1ccnc(C)c1C(C)C. The molecule has 1 rings (SSSR count). The van der Waals surface area contributed by atoms with E-state index in [0.717, 1.165) is 11.4 Å². The summed E-state index contributed by atoms with van der Waals surface area (Å²) in [5.41, 5.74) is 2.27. The average molecular weight is 165 g/mol. The van der Waals surface area contributed by atoms with Gasteiger partial charge in [0.2, 0.25) is 0 Å². The second-order valence-electron chi connectivity index (χ2n) is 3.17. The predicted molar refractivity (Wildman–Crippen MR) is 49.6 cm³/mol. The van der Waals surface area contributed by atoms with Crippen molar-refractivity contribution in [3.05, 3.63) is 23.5 Å². The molecule has 1 heterocycles. The van der Waals surface area contributed by atoms with E-state index >= 15 is 0 Å². The van der Waals surface area contributed by atoms with Gasteiger partial charge in [-0.05, 0) is 18.9 Å². The molecule has 0 spiro atoms. The van der Waals surface area contributed by atoms with Crippen LogP contribution in [0.25, 0.3) is 0 Å². The molecule has 0 unspecified atom stereocenters. The van der Waals surface area contributed by atoms with Gasteiger partial charge in [-0.2, -0.15) is 0 Å². The van der Waals surface area contributed by atoms with Crippen molar-refractivity contribution in [1.82, 2.24) is 4.98 Å². The summed E-state index contributed by atoms with van der Waals surface area (Å²) in [6.45, 7) is 6.30. The number of ether oxygens (including phenoxy) is 1. The molecule has 0 saturated carbocycles. The molecule has 1 aromatic heterocycles. The first-order valence-electron chi connectivity index (χ1n) is 4.16. The van der Waals surface area contributed by atoms with Crippen LogP contribution in [0.2, 0.25) is 0 Å². The number of methoxy groups -OCH3 is 1. The maximum absolute atomic E-state index is 5.25. The fourth-order valence-electron chi connectivity index (χ4n) is 1.43. The second kappa shape index (κ2) is 3.57. The van der Waals surface area contributed by atoms with E-state index in [1.807, 2.05) is 13.0 Å². The third-order valence-electron chi connectivity index (χ3n) is 1.95. The molecule has 1 aromatic rings. The van der Waals surface area contributed by atoms with Crippen LogP contribution in [-0.2, 0) is 0 Å². The van der Waals surface area contributed by atoms with Gasteiger partial charge in [0.05, 0.1) is 7.11 Å². The Morgan fingerprint density at radius 1 is 1.42 bits per heavy atom. The Kier molecular flexibility index (Phi) is 2.69. The lowest BCUT2D eigenvalue weighted by Crippen LogP contribution is -1.98. The molecule has 0 amide bonds. The molecular weight excluding hydrogens is 150 g/mol. The Bertz CT molecular complexity index is 269. The maximum Gasteiger partial charge on any atom is 0.125 e. The van der Waals surface area contributed by atoms with Gasteiger partial charge >= 0.3 is 0 Å². The fraction of sp³-hybridized carbons (Fsp3) is 0.500. The van der Waals surface area contributed by atoms with Gasteiger partial charge in [0.15, 0.2) is 0 Å². The first-order valence-corrected chi connectivity index (χ1v) is 4.16. The minimum atomic E-state index is 0.466. The van der Waals surface area contributed by atoms with E-state index in [1.165, 1.54) is 5.56 Å². The Labute approximate surface area is 73.6 Å². The van der Waals surface area contributed by atoms with E-state index in [2.05, 4.69) is 18.8 Å². The van der Waals surface area contributed by atoms with E-state index in [4.69, 9.17) is 4.74 Å². The van der Waals surface area contributed by atoms with E-state index in [1.54, 1.807) is 13.3 Å². The van der Waals surface area contributed by atoms with Crippen molar-refractivity contribution >= 4 is 0 Å². The molecule has 0 bridgehead atoms. The summed E-state index contributed by atoms with van der Waals surface area (Å²) in [4.78, 5) is 4.23. The van der Waals surface area contributed by atoms with Crippen LogP contribution in [0.1, 0.15) is 31.0 Å². The second-order valence-corrected chi connectivity index (χ2v) is 3.17. The molecule has 0 aliphatic carbocycles. The van der Waals surface area contributed by atoms with E-state index < -0.39 is 0 Å². The van der Waals surface area contributed by atoms with Crippen LogP contribution in [0.5, 0.6) is 5.75 Å². The van der Waals surface area contributed by atoms with Crippen LogP contribution in [0.3, 0.4) is 0 Å². The third-order valence-corrected chi connectivity index (χ3v) is 1.95. The highest BCUT2D eigenvalue weighted by atomic mass is 16.5. The molecule has 0 saturated heterocycles. The number of hydrogen-bond donors (Lipinski definition) is 0. The fourth-order valence-corrected chi connectivity index (χ4v) is 1.43. The van der Waals surface area contributed by atoms with E-state index in [-0.39, 0.29) is 0 Å². The Hall–Kier alpha value is -1.05. The van der Waals surface area contributed by atoms with Crippen LogP contribution in [-0.4, -0.2) is 12.1 Å². The predicted octanol–water partition coefficient (Wildman–Crippen LogP) is 2.52. The highest BCUT2D eigenvalue weighted by Gasteiger charge is 2.09. The standard InChI is InChI=1S/C10H15NO/c1-7(2)10-8(3)11-6-5-9(10)12-4/h5-7H,1-4H3. The van der Waals surface area contributed by atoms with Gasteiger partial charge in [-0.25, -0.2) is 0 Å². The number of aryl methyl sites for hydroxylation is 1. The number of rotatable bonds is 2. The van der Waals surface area contributed by atoms with Gasteiger partial charge in [-0.15, -0.1) is 0 Å². The molecule has 2 nitrogen and oxygen atoms in total. The first-order chi connectivity index (χ1) is 5.66. The highest BCUT2D eigenvalue weighted by Crippen LogP contribution is 2.27. The molecule has 0 aliphatic heterocycles. The average Bonchev–Trinajstić information content (AvgIpc) is 2.03. The van der Waals surface area contributed by atoms with Crippen LogP contribution in [0, 0.1) is 6.92 Å². The van der Waals surface area contributed by atoms with Gasteiger partial charge in [0.25, 0.3) is 0 Å². The number of pyridine rings is 1. The molecule has 12 heavy (non-hydrogen) atoms. The zero-order valence-corrected chi connectivity index (χ0v) is 8.09.